The fourth-order valence-corrected chi connectivity index (χ4v) is 1.88. The molecule has 0 atom stereocenters. The molecule has 5 nitrogen and oxygen atoms in total. The first-order valence-corrected chi connectivity index (χ1v) is 5.40. The van der Waals surface area contributed by atoms with Gasteiger partial charge < -0.3 is 9.47 Å². The highest BCUT2D eigenvalue weighted by molar-refractivity contribution is 6.16. The van der Waals surface area contributed by atoms with Crippen LogP contribution in [0.5, 0.6) is 0 Å². The Hall–Kier alpha value is -1.39. The van der Waals surface area contributed by atoms with E-state index < -0.39 is 23.6 Å². The van der Waals surface area contributed by atoms with Crippen LogP contribution >= 0.6 is 0 Å². The Morgan fingerprint density at radius 2 is 1.69 bits per heavy atom. The second kappa shape index (κ2) is 3.57. The molecule has 0 aromatic rings. The van der Waals surface area contributed by atoms with Gasteiger partial charge in [0.2, 0.25) is 5.92 Å². The lowest BCUT2D eigenvalue weighted by atomic mass is 9.77. The molecule has 0 aromatic heterocycles. The second-order valence-electron chi connectivity index (χ2n) is 4.71. The fraction of sp³-hybridized carbons (Fsp3) is 0.727. The van der Waals surface area contributed by atoms with Crippen LogP contribution in [0.3, 0.4) is 0 Å². The molecule has 0 aromatic carbocycles. The van der Waals surface area contributed by atoms with E-state index in [-0.39, 0.29) is 11.7 Å². The van der Waals surface area contributed by atoms with Crippen LogP contribution in [0.2, 0.25) is 0 Å². The van der Waals surface area contributed by atoms with Gasteiger partial charge in [0, 0.05) is 19.8 Å². The summed E-state index contributed by atoms with van der Waals surface area (Å²) in [6, 6.07) is 0. The summed E-state index contributed by atoms with van der Waals surface area (Å²) in [4.78, 5) is 34.9. The molecule has 0 bridgehead atoms. The summed E-state index contributed by atoms with van der Waals surface area (Å²) >= 11 is 0. The van der Waals surface area contributed by atoms with Gasteiger partial charge in [-0.1, -0.05) is 6.42 Å². The van der Waals surface area contributed by atoms with E-state index >= 15 is 0 Å². The Kier molecular flexibility index (Phi) is 2.48. The summed E-state index contributed by atoms with van der Waals surface area (Å²) in [6.07, 6.45) is 2.47. The van der Waals surface area contributed by atoms with Gasteiger partial charge in [0.05, 0.1) is 0 Å². The van der Waals surface area contributed by atoms with Crippen molar-refractivity contribution in [1.82, 2.24) is 0 Å². The van der Waals surface area contributed by atoms with Gasteiger partial charge in [0.15, 0.2) is 5.78 Å². The highest BCUT2D eigenvalue weighted by Crippen LogP contribution is 2.33. The van der Waals surface area contributed by atoms with Crippen molar-refractivity contribution in [2.24, 2.45) is 11.8 Å². The average molecular weight is 226 g/mol. The van der Waals surface area contributed by atoms with Crippen molar-refractivity contribution in [3.8, 4) is 0 Å². The van der Waals surface area contributed by atoms with Crippen LogP contribution in [0.4, 0.5) is 0 Å². The molecule has 2 aliphatic rings. The minimum absolute atomic E-state index is 0.175. The molecule has 0 unspecified atom stereocenters. The maximum absolute atomic E-state index is 11.8. The molecule has 0 radical (unpaired) electrons. The second-order valence-corrected chi connectivity index (χ2v) is 4.71. The quantitative estimate of drug-likeness (QED) is 0.514. The van der Waals surface area contributed by atoms with Crippen molar-refractivity contribution in [3.05, 3.63) is 0 Å². The summed E-state index contributed by atoms with van der Waals surface area (Å²) in [7, 11) is 0. The van der Waals surface area contributed by atoms with Crippen LogP contribution in [0.1, 0.15) is 33.1 Å². The first-order chi connectivity index (χ1) is 7.41. The Morgan fingerprint density at radius 1 is 1.19 bits per heavy atom. The zero-order valence-corrected chi connectivity index (χ0v) is 9.32. The molecule has 1 aliphatic heterocycles. The summed E-state index contributed by atoms with van der Waals surface area (Å²) < 4.78 is 9.79. The van der Waals surface area contributed by atoms with Crippen LogP contribution in [0.25, 0.3) is 0 Å². The topological polar surface area (TPSA) is 69.7 Å². The predicted molar refractivity (Wildman–Crippen MR) is 52.1 cm³/mol. The summed E-state index contributed by atoms with van der Waals surface area (Å²) in [5.74, 6) is -4.71. The van der Waals surface area contributed by atoms with Crippen LogP contribution in [0.15, 0.2) is 0 Å². The van der Waals surface area contributed by atoms with Gasteiger partial charge in [-0.05, 0) is 12.8 Å². The lowest BCUT2D eigenvalue weighted by Gasteiger charge is -2.34. The van der Waals surface area contributed by atoms with Crippen molar-refractivity contribution < 1.29 is 23.9 Å². The van der Waals surface area contributed by atoms with Crippen LogP contribution < -0.4 is 0 Å². The number of Topliss-reactive ketones (excluding diaryl/α,β-unsaturated/α-hetero) is 1. The van der Waals surface area contributed by atoms with Crippen molar-refractivity contribution in [2.45, 2.75) is 38.9 Å². The number of rotatable bonds is 2. The van der Waals surface area contributed by atoms with Gasteiger partial charge in [-0.3, -0.25) is 14.4 Å². The number of hydrogen-bond donors (Lipinski definition) is 0. The molecule has 1 saturated heterocycles. The van der Waals surface area contributed by atoms with Crippen LogP contribution in [0, 0.1) is 11.8 Å². The van der Waals surface area contributed by atoms with E-state index in [4.69, 9.17) is 9.47 Å². The minimum atomic E-state index is -1.36. The first kappa shape index (κ1) is 11.1. The van der Waals surface area contributed by atoms with Gasteiger partial charge in [-0.2, -0.15) is 0 Å². The number of ketones is 1. The molecule has 1 saturated carbocycles. The van der Waals surface area contributed by atoms with Crippen molar-refractivity contribution >= 4 is 17.7 Å². The molecule has 1 heterocycles. The number of ether oxygens (including phenoxy) is 2. The molecule has 88 valence electrons. The molecule has 0 N–H and O–H groups in total. The van der Waals surface area contributed by atoms with Crippen molar-refractivity contribution in [2.75, 3.05) is 0 Å². The van der Waals surface area contributed by atoms with Gasteiger partial charge >= 0.3 is 11.9 Å². The van der Waals surface area contributed by atoms with Gasteiger partial charge in [-0.25, -0.2) is 0 Å². The highest BCUT2D eigenvalue weighted by atomic mass is 16.7. The largest absolute Gasteiger partial charge is 0.422 e. The van der Waals surface area contributed by atoms with E-state index in [1.54, 1.807) is 0 Å². The lowest BCUT2D eigenvalue weighted by molar-refractivity contribution is -0.238. The van der Waals surface area contributed by atoms with E-state index in [2.05, 4.69) is 0 Å². The third-order valence-corrected chi connectivity index (χ3v) is 2.96. The van der Waals surface area contributed by atoms with E-state index in [0.717, 1.165) is 19.3 Å². The predicted octanol–water partition coefficient (Wildman–Crippen LogP) is 0.808. The molecular weight excluding hydrogens is 212 g/mol. The summed E-state index contributed by atoms with van der Waals surface area (Å²) in [5.41, 5.74) is 0. The molecule has 5 heteroatoms. The van der Waals surface area contributed by atoms with Crippen molar-refractivity contribution in [3.63, 3.8) is 0 Å². The molecule has 2 rings (SSSR count). The zero-order valence-electron chi connectivity index (χ0n) is 9.32. The fourth-order valence-electron chi connectivity index (χ4n) is 1.88. The summed E-state index contributed by atoms with van der Waals surface area (Å²) in [5, 5.41) is 0. The molecule has 0 spiro atoms. The van der Waals surface area contributed by atoms with E-state index in [1.807, 2.05) is 0 Å². The van der Waals surface area contributed by atoms with Crippen molar-refractivity contribution in [1.29, 1.82) is 0 Å². The standard InChI is InChI=1S/C11H14O5/c1-11(2)15-9(13)7(10(14)16-11)8(12)6-4-3-5-6/h6-7H,3-5H2,1-2H3. The maximum atomic E-state index is 11.8. The normalized spacial score (nSPS) is 25.6. The van der Waals surface area contributed by atoms with Gasteiger partial charge in [0.25, 0.3) is 5.79 Å². The molecular formula is C11H14O5. The lowest BCUT2D eigenvalue weighted by Crippen LogP contribution is -2.50. The van der Waals surface area contributed by atoms with Gasteiger partial charge in [-0.15, -0.1) is 0 Å². The SMILES string of the molecule is CC1(C)OC(=O)C(C(=O)C2CCC2)C(=O)O1. The Morgan fingerprint density at radius 3 is 2.06 bits per heavy atom. The average Bonchev–Trinajstić information content (AvgIpc) is 1.94. The number of esters is 2. The third kappa shape index (κ3) is 1.81. The van der Waals surface area contributed by atoms with Crippen LogP contribution in [-0.4, -0.2) is 23.5 Å². The molecule has 2 fully saturated rings. The maximum Gasteiger partial charge on any atom is 0.331 e. The number of carbonyl (C=O) groups is 3. The van der Waals surface area contributed by atoms with E-state index in [9.17, 15) is 14.4 Å². The van der Waals surface area contributed by atoms with Gasteiger partial charge in [0.1, 0.15) is 0 Å². The smallest absolute Gasteiger partial charge is 0.331 e. The van der Waals surface area contributed by atoms with E-state index in [0.29, 0.717) is 0 Å². The Bertz CT molecular complexity index is 333. The summed E-state index contributed by atoms with van der Waals surface area (Å²) in [6.45, 7) is 2.93. The van der Waals surface area contributed by atoms with E-state index in [1.165, 1.54) is 13.8 Å². The molecule has 16 heavy (non-hydrogen) atoms. The number of carbonyl (C=O) groups excluding carboxylic acids is 3. The molecule has 0 amide bonds. The monoisotopic (exact) mass is 226 g/mol. The Balaban J connectivity index is 2.12. The van der Waals surface area contributed by atoms with Crippen LogP contribution in [-0.2, 0) is 23.9 Å². The first-order valence-electron chi connectivity index (χ1n) is 5.40. The number of cyclic esters (lactones) is 2. The zero-order chi connectivity index (χ0) is 11.9. The number of hydrogen-bond acceptors (Lipinski definition) is 5. The molecule has 1 aliphatic carbocycles. The minimum Gasteiger partial charge on any atom is -0.422 e. The Labute approximate surface area is 93.1 Å². The third-order valence-electron chi connectivity index (χ3n) is 2.96. The highest BCUT2D eigenvalue weighted by Gasteiger charge is 2.49.